The third-order valence-corrected chi connectivity index (χ3v) is 4.07. The van der Waals surface area contributed by atoms with E-state index in [4.69, 9.17) is 4.74 Å². The maximum absolute atomic E-state index is 11.9. The Morgan fingerprint density at radius 2 is 2.35 bits per heavy atom. The number of aryl methyl sites for hydroxylation is 1. The molecule has 1 amide bonds. The van der Waals surface area contributed by atoms with Crippen molar-refractivity contribution >= 4 is 11.6 Å². The summed E-state index contributed by atoms with van der Waals surface area (Å²) in [7, 11) is 0. The van der Waals surface area contributed by atoms with Crippen LogP contribution in [0.5, 0.6) is 0 Å². The Bertz CT molecular complexity index is 481. The predicted octanol–water partition coefficient (Wildman–Crippen LogP) is 2.23. The van der Waals surface area contributed by atoms with E-state index in [0.717, 1.165) is 32.4 Å². The molecule has 1 aromatic carbocycles. The van der Waals surface area contributed by atoms with E-state index in [1.54, 1.807) is 0 Å². The Balaban J connectivity index is 1.56. The Labute approximate surface area is 119 Å². The van der Waals surface area contributed by atoms with Crippen molar-refractivity contribution in [3.05, 3.63) is 29.3 Å². The highest BCUT2D eigenvalue weighted by atomic mass is 16.5. The zero-order valence-corrected chi connectivity index (χ0v) is 11.8. The number of carbonyl (C=O) groups is 1. The van der Waals surface area contributed by atoms with Crippen molar-refractivity contribution in [2.24, 2.45) is 0 Å². The van der Waals surface area contributed by atoms with E-state index in [9.17, 15) is 4.79 Å². The summed E-state index contributed by atoms with van der Waals surface area (Å²) in [4.78, 5) is 11.9. The van der Waals surface area contributed by atoms with Crippen molar-refractivity contribution in [2.75, 3.05) is 18.5 Å². The molecule has 0 saturated carbocycles. The van der Waals surface area contributed by atoms with Crippen LogP contribution in [-0.2, 0) is 22.5 Å². The van der Waals surface area contributed by atoms with Gasteiger partial charge < -0.3 is 15.4 Å². The van der Waals surface area contributed by atoms with E-state index in [-0.39, 0.29) is 12.0 Å². The quantitative estimate of drug-likeness (QED) is 0.885. The molecule has 1 saturated heterocycles. The van der Waals surface area contributed by atoms with Crippen LogP contribution in [0, 0.1) is 0 Å². The zero-order valence-electron chi connectivity index (χ0n) is 11.8. The van der Waals surface area contributed by atoms with Gasteiger partial charge in [-0.3, -0.25) is 4.79 Å². The minimum absolute atomic E-state index is 0.0883. The van der Waals surface area contributed by atoms with Crippen molar-refractivity contribution < 1.29 is 9.53 Å². The van der Waals surface area contributed by atoms with Gasteiger partial charge in [0.15, 0.2) is 0 Å². The van der Waals surface area contributed by atoms with Gasteiger partial charge in [0.05, 0.1) is 12.5 Å². The molecule has 1 atom stereocenters. The van der Waals surface area contributed by atoms with Crippen LogP contribution in [-0.4, -0.2) is 25.2 Å². The second-order valence-corrected chi connectivity index (χ2v) is 5.60. The number of para-hydroxylation sites is 1. The monoisotopic (exact) mass is 274 g/mol. The molecule has 0 spiro atoms. The summed E-state index contributed by atoms with van der Waals surface area (Å²) in [6.45, 7) is 2.42. The SMILES string of the molecule is O=C(CC1CCCO1)NCc1cccc2c1NCCC2. The van der Waals surface area contributed by atoms with Crippen LogP contribution in [0.1, 0.15) is 36.8 Å². The average molecular weight is 274 g/mol. The first-order chi connectivity index (χ1) is 9.83. The smallest absolute Gasteiger partial charge is 0.222 e. The summed E-state index contributed by atoms with van der Waals surface area (Å²) >= 11 is 0. The van der Waals surface area contributed by atoms with Crippen LogP contribution in [0.25, 0.3) is 0 Å². The third-order valence-electron chi connectivity index (χ3n) is 4.07. The van der Waals surface area contributed by atoms with Gasteiger partial charge in [0.1, 0.15) is 0 Å². The molecule has 0 aliphatic carbocycles. The summed E-state index contributed by atoms with van der Waals surface area (Å²) in [6, 6.07) is 6.33. The lowest BCUT2D eigenvalue weighted by Gasteiger charge is -2.21. The molecule has 4 nitrogen and oxygen atoms in total. The summed E-state index contributed by atoms with van der Waals surface area (Å²) in [6.07, 6.45) is 5.01. The molecule has 4 heteroatoms. The molecule has 20 heavy (non-hydrogen) atoms. The zero-order chi connectivity index (χ0) is 13.8. The highest BCUT2D eigenvalue weighted by Crippen LogP contribution is 2.26. The molecular weight excluding hydrogens is 252 g/mol. The van der Waals surface area contributed by atoms with Crippen molar-refractivity contribution in [3.8, 4) is 0 Å². The number of amides is 1. The average Bonchev–Trinajstić information content (AvgIpc) is 2.98. The lowest BCUT2D eigenvalue weighted by atomic mass is 9.99. The van der Waals surface area contributed by atoms with E-state index in [0.29, 0.717) is 13.0 Å². The summed E-state index contributed by atoms with van der Waals surface area (Å²) < 4.78 is 5.49. The number of hydrogen-bond acceptors (Lipinski definition) is 3. The van der Waals surface area contributed by atoms with E-state index in [2.05, 4.69) is 28.8 Å². The van der Waals surface area contributed by atoms with Gasteiger partial charge in [-0.2, -0.15) is 0 Å². The van der Waals surface area contributed by atoms with E-state index in [1.165, 1.54) is 23.2 Å². The molecular formula is C16H22N2O2. The summed E-state index contributed by atoms with van der Waals surface area (Å²) in [5, 5.41) is 6.47. The molecule has 1 aromatic rings. The molecule has 1 unspecified atom stereocenters. The first kappa shape index (κ1) is 13.4. The molecule has 2 heterocycles. The normalized spacial score (nSPS) is 21.1. The van der Waals surface area contributed by atoms with Gasteiger partial charge in [-0.25, -0.2) is 0 Å². The topological polar surface area (TPSA) is 50.4 Å². The molecule has 2 aliphatic heterocycles. The van der Waals surface area contributed by atoms with Crippen LogP contribution in [0.3, 0.4) is 0 Å². The number of rotatable bonds is 4. The second kappa shape index (κ2) is 6.27. The van der Waals surface area contributed by atoms with Crippen LogP contribution in [0.4, 0.5) is 5.69 Å². The minimum atomic E-state index is 0.0883. The van der Waals surface area contributed by atoms with Gasteiger partial charge in [-0.15, -0.1) is 0 Å². The minimum Gasteiger partial charge on any atom is -0.385 e. The van der Waals surface area contributed by atoms with E-state index >= 15 is 0 Å². The second-order valence-electron chi connectivity index (χ2n) is 5.60. The van der Waals surface area contributed by atoms with E-state index < -0.39 is 0 Å². The van der Waals surface area contributed by atoms with Gasteiger partial charge in [0.25, 0.3) is 0 Å². The standard InChI is InChI=1S/C16H22N2O2/c19-15(10-14-7-3-9-20-14)18-11-13-5-1-4-12-6-2-8-17-16(12)13/h1,4-5,14,17H,2-3,6-11H2,(H,18,19). The van der Waals surface area contributed by atoms with Gasteiger partial charge >= 0.3 is 0 Å². The number of ether oxygens (including phenoxy) is 1. The fourth-order valence-corrected chi connectivity index (χ4v) is 3.01. The fraction of sp³-hybridized carbons (Fsp3) is 0.562. The summed E-state index contributed by atoms with van der Waals surface area (Å²) in [5.41, 5.74) is 3.76. The largest absolute Gasteiger partial charge is 0.385 e. The molecule has 2 N–H and O–H groups in total. The first-order valence-corrected chi connectivity index (χ1v) is 7.56. The Morgan fingerprint density at radius 1 is 1.40 bits per heavy atom. The maximum atomic E-state index is 11.9. The first-order valence-electron chi connectivity index (χ1n) is 7.56. The number of carbonyl (C=O) groups excluding carboxylic acids is 1. The van der Waals surface area contributed by atoms with E-state index in [1.807, 2.05) is 0 Å². The summed E-state index contributed by atoms with van der Waals surface area (Å²) in [5.74, 6) is 0.0883. The number of benzene rings is 1. The highest BCUT2D eigenvalue weighted by molar-refractivity contribution is 5.76. The number of fused-ring (bicyclic) bond motifs is 1. The number of anilines is 1. The molecule has 108 valence electrons. The van der Waals surface area contributed by atoms with Crippen LogP contribution >= 0.6 is 0 Å². The maximum Gasteiger partial charge on any atom is 0.222 e. The van der Waals surface area contributed by atoms with Crippen molar-refractivity contribution in [3.63, 3.8) is 0 Å². The fourth-order valence-electron chi connectivity index (χ4n) is 3.01. The van der Waals surface area contributed by atoms with Crippen LogP contribution in [0.2, 0.25) is 0 Å². The molecule has 2 aliphatic rings. The Hall–Kier alpha value is -1.55. The van der Waals surface area contributed by atoms with Crippen molar-refractivity contribution in [1.82, 2.24) is 5.32 Å². The molecule has 0 aromatic heterocycles. The van der Waals surface area contributed by atoms with Gasteiger partial charge in [-0.05, 0) is 36.8 Å². The highest BCUT2D eigenvalue weighted by Gasteiger charge is 2.19. The molecule has 1 fully saturated rings. The van der Waals surface area contributed by atoms with Crippen molar-refractivity contribution in [2.45, 2.75) is 44.8 Å². The lowest BCUT2D eigenvalue weighted by molar-refractivity contribution is -0.123. The lowest BCUT2D eigenvalue weighted by Crippen LogP contribution is -2.27. The molecule has 3 rings (SSSR count). The third kappa shape index (κ3) is 3.12. The van der Waals surface area contributed by atoms with Gasteiger partial charge in [0, 0.05) is 25.4 Å². The molecule has 0 bridgehead atoms. The Morgan fingerprint density at radius 3 is 3.20 bits per heavy atom. The van der Waals surface area contributed by atoms with Gasteiger partial charge in [0.2, 0.25) is 5.91 Å². The molecule has 0 radical (unpaired) electrons. The van der Waals surface area contributed by atoms with Crippen LogP contribution in [0.15, 0.2) is 18.2 Å². The number of nitrogens with one attached hydrogen (secondary N) is 2. The van der Waals surface area contributed by atoms with Gasteiger partial charge in [-0.1, -0.05) is 18.2 Å². The van der Waals surface area contributed by atoms with Crippen molar-refractivity contribution in [1.29, 1.82) is 0 Å². The predicted molar refractivity (Wildman–Crippen MR) is 78.7 cm³/mol. The number of hydrogen-bond donors (Lipinski definition) is 2. The van der Waals surface area contributed by atoms with Crippen LogP contribution < -0.4 is 10.6 Å². The Kier molecular flexibility index (Phi) is 4.21.